The first kappa shape index (κ1) is 7.65. The molecule has 0 aliphatic heterocycles. The van der Waals surface area contributed by atoms with Crippen molar-refractivity contribution < 1.29 is 4.79 Å². The van der Waals surface area contributed by atoms with Crippen molar-refractivity contribution in [2.45, 2.75) is 6.92 Å². The molecule has 1 aromatic rings. The van der Waals surface area contributed by atoms with Gasteiger partial charge in [-0.2, -0.15) is 0 Å². The van der Waals surface area contributed by atoms with Crippen LogP contribution in [0.1, 0.15) is 16.1 Å². The summed E-state index contributed by atoms with van der Waals surface area (Å²) in [5.41, 5.74) is 1.46. The Labute approximate surface area is 72.8 Å². The first-order chi connectivity index (χ1) is 4.74. The minimum atomic E-state index is 0.673. The number of hydrogen-bond donors (Lipinski definition) is 0. The van der Waals surface area contributed by atoms with Crippen LogP contribution < -0.4 is 0 Å². The molecule has 0 radical (unpaired) electrons. The highest BCUT2D eigenvalue weighted by molar-refractivity contribution is 14.1. The van der Waals surface area contributed by atoms with Gasteiger partial charge in [-0.15, -0.1) is 0 Å². The molecule has 1 aromatic heterocycles. The number of carbonyl (C=O) groups excluding carboxylic acids is 1. The van der Waals surface area contributed by atoms with Gasteiger partial charge in [0.25, 0.3) is 0 Å². The fourth-order valence-corrected chi connectivity index (χ4v) is 1.12. The third kappa shape index (κ3) is 1.53. The second-order valence-corrected chi connectivity index (χ2v) is 3.19. The van der Waals surface area contributed by atoms with Crippen LogP contribution in [0.15, 0.2) is 12.3 Å². The molecule has 0 saturated carbocycles. The largest absolute Gasteiger partial charge is 0.298 e. The standard InChI is InChI=1S/C7H6INO/c1-5-6(4-10)2-7(8)3-9-5/h2-4H,1H3. The molecule has 0 spiro atoms. The van der Waals surface area contributed by atoms with Gasteiger partial charge in [0, 0.05) is 21.0 Å². The van der Waals surface area contributed by atoms with E-state index in [0.717, 1.165) is 15.6 Å². The molecule has 0 atom stereocenters. The topological polar surface area (TPSA) is 30.0 Å². The van der Waals surface area contributed by atoms with Crippen LogP contribution in [-0.4, -0.2) is 11.3 Å². The molecule has 0 unspecified atom stereocenters. The maximum atomic E-state index is 10.3. The Hall–Kier alpha value is -0.450. The van der Waals surface area contributed by atoms with Gasteiger partial charge in [0.15, 0.2) is 6.29 Å². The molecule has 1 rings (SSSR count). The summed E-state index contributed by atoms with van der Waals surface area (Å²) in [7, 11) is 0. The maximum Gasteiger partial charge on any atom is 0.151 e. The molecule has 0 aliphatic carbocycles. The molecule has 2 nitrogen and oxygen atoms in total. The van der Waals surface area contributed by atoms with Gasteiger partial charge in [-0.25, -0.2) is 0 Å². The molecule has 0 bridgehead atoms. The minimum absolute atomic E-state index is 0.673. The van der Waals surface area contributed by atoms with Crippen LogP contribution in [0, 0.1) is 10.5 Å². The monoisotopic (exact) mass is 247 g/mol. The SMILES string of the molecule is Cc1ncc(I)cc1C=O. The molecule has 52 valence electrons. The van der Waals surface area contributed by atoms with E-state index < -0.39 is 0 Å². The van der Waals surface area contributed by atoms with Crippen LogP contribution in [-0.2, 0) is 0 Å². The summed E-state index contributed by atoms with van der Waals surface area (Å²) in [5, 5.41) is 0. The van der Waals surface area contributed by atoms with Gasteiger partial charge >= 0.3 is 0 Å². The van der Waals surface area contributed by atoms with Crippen LogP contribution in [0.4, 0.5) is 0 Å². The molecule has 0 aliphatic rings. The number of aryl methyl sites for hydroxylation is 1. The van der Waals surface area contributed by atoms with Gasteiger partial charge in [-0.05, 0) is 35.6 Å². The predicted octanol–water partition coefficient (Wildman–Crippen LogP) is 1.81. The van der Waals surface area contributed by atoms with Crippen LogP contribution in [0.2, 0.25) is 0 Å². The number of halogens is 1. The van der Waals surface area contributed by atoms with Crippen molar-refractivity contribution in [1.82, 2.24) is 4.98 Å². The molecule has 1 heterocycles. The Morgan fingerprint density at radius 1 is 1.70 bits per heavy atom. The molecule has 0 fully saturated rings. The van der Waals surface area contributed by atoms with Crippen molar-refractivity contribution >= 4 is 28.9 Å². The first-order valence-electron chi connectivity index (χ1n) is 2.81. The molecular weight excluding hydrogens is 241 g/mol. The normalized spacial score (nSPS) is 9.40. The zero-order valence-electron chi connectivity index (χ0n) is 5.47. The number of carbonyl (C=O) groups is 1. The molecule has 0 saturated heterocycles. The van der Waals surface area contributed by atoms with Crippen LogP contribution >= 0.6 is 22.6 Å². The lowest BCUT2D eigenvalue weighted by Crippen LogP contribution is -1.90. The number of nitrogens with zero attached hydrogens (tertiary/aromatic N) is 1. The van der Waals surface area contributed by atoms with E-state index in [-0.39, 0.29) is 0 Å². The molecule has 10 heavy (non-hydrogen) atoms. The van der Waals surface area contributed by atoms with Crippen molar-refractivity contribution in [1.29, 1.82) is 0 Å². The van der Waals surface area contributed by atoms with Gasteiger partial charge in [0.1, 0.15) is 0 Å². The van der Waals surface area contributed by atoms with Gasteiger partial charge in [-0.3, -0.25) is 9.78 Å². The molecule has 0 aromatic carbocycles. The van der Waals surface area contributed by atoms with Gasteiger partial charge in [-0.1, -0.05) is 0 Å². The van der Waals surface area contributed by atoms with E-state index in [1.165, 1.54) is 0 Å². The lowest BCUT2D eigenvalue weighted by Gasteiger charge is -1.95. The second kappa shape index (κ2) is 3.09. The summed E-state index contributed by atoms with van der Waals surface area (Å²) in [6.07, 6.45) is 2.56. The molecule has 3 heteroatoms. The Balaban J connectivity index is 3.21. The fourth-order valence-electron chi connectivity index (χ4n) is 0.643. The quantitative estimate of drug-likeness (QED) is 0.559. The summed E-state index contributed by atoms with van der Waals surface area (Å²) in [6, 6.07) is 1.82. The van der Waals surface area contributed by atoms with E-state index in [4.69, 9.17) is 0 Å². The smallest absolute Gasteiger partial charge is 0.151 e. The molecular formula is C7H6INO. The third-order valence-corrected chi connectivity index (χ3v) is 1.81. The van der Waals surface area contributed by atoms with Crippen molar-refractivity contribution in [2.24, 2.45) is 0 Å². The zero-order chi connectivity index (χ0) is 7.56. The van der Waals surface area contributed by atoms with Crippen LogP contribution in [0.3, 0.4) is 0 Å². The maximum absolute atomic E-state index is 10.3. The van der Waals surface area contributed by atoms with E-state index in [1.54, 1.807) is 6.20 Å². The van der Waals surface area contributed by atoms with E-state index >= 15 is 0 Å². The number of aromatic nitrogens is 1. The second-order valence-electron chi connectivity index (χ2n) is 1.95. The first-order valence-corrected chi connectivity index (χ1v) is 3.89. The van der Waals surface area contributed by atoms with Crippen LogP contribution in [0.25, 0.3) is 0 Å². The zero-order valence-corrected chi connectivity index (χ0v) is 7.62. The van der Waals surface area contributed by atoms with Crippen molar-refractivity contribution in [2.75, 3.05) is 0 Å². The summed E-state index contributed by atoms with van der Waals surface area (Å²) >= 11 is 2.12. The molecule has 0 amide bonds. The number of rotatable bonds is 1. The number of hydrogen-bond acceptors (Lipinski definition) is 2. The Morgan fingerprint density at radius 3 is 2.90 bits per heavy atom. The average molecular weight is 247 g/mol. The third-order valence-electron chi connectivity index (χ3n) is 1.22. The predicted molar refractivity (Wildman–Crippen MR) is 47.1 cm³/mol. The van der Waals surface area contributed by atoms with Gasteiger partial charge in [0.05, 0.1) is 0 Å². The van der Waals surface area contributed by atoms with E-state index in [1.807, 2.05) is 13.0 Å². The van der Waals surface area contributed by atoms with E-state index in [2.05, 4.69) is 27.6 Å². The van der Waals surface area contributed by atoms with Gasteiger partial charge in [0.2, 0.25) is 0 Å². The minimum Gasteiger partial charge on any atom is -0.298 e. The highest BCUT2D eigenvalue weighted by Gasteiger charge is 1.96. The average Bonchev–Trinajstić information content (AvgIpc) is 1.94. The fraction of sp³-hybridized carbons (Fsp3) is 0.143. The molecule has 0 N–H and O–H groups in total. The Kier molecular flexibility index (Phi) is 2.37. The Morgan fingerprint density at radius 2 is 2.40 bits per heavy atom. The van der Waals surface area contributed by atoms with Crippen molar-refractivity contribution in [3.63, 3.8) is 0 Å². The summed E-state index contributed by atoms with van der Waals surface area (Å²) in [5.74, 6) is 0. The lowest BCUT2D eigenvalue weighted by atomic mass is 10.2. The summed E-state index contributed by atoms with van der Waals surface area (Å²) < 4.78 is 0.991. The van der Waals surface area contributed by atoms with E-state index in [0.29, 0.717) is 5.56 Å². The Bertz CT molecular complexity index is 260. The van der Waals surface area contributed by atoms with Gasteiger partial charge < -0.3 is 0 Å². The number of pyridine rings is 1. The highest BCUT2D eigenvalue weighted by Crippen LogP contribution is 2.07. The highest BCUT2D eigenvalue weighted by atomic mass is 127. The van der Waals surface area contributed by atoms with E-state index in [9.17, 15) is 4.79 Å². The lowest BCUT2D eigenvalue weighted by molar-refractivity contribution is 0.112. The number of aldehydes is 1. The summed E-state index contributed by atoms with van der Waals surface area (Å²) in [6.45, 7) is 1.82. The van der Waals surface area contributed by atoms with Crippen LogP contribution in [0.5, 0.6) is 0 Å². The summed E-state index contributed by atoms with van der Waals surface area (Å²) in [4.78, 5) is 14.3. The van der Waals surface area contributed by atoms with Crippen molar-refractivity contribution in [3.05, 3.63) is 27.1 Å². The van der Waals surface area contributed by atoms with Crippen molar-refractivity contribution in [3.8, 4) is 0 Å².